The van der Waals surface area contributed by atoms with Crippen LogP contribution in [0, 0.1) is 0 Å². The molecule has 4 aromatic rings. The van der Waals surface area contributed by atoms with Gasteiger partial charge in [-0.25, -0.2) is 9.97 Å². The van der Waals surface area contributed by atoms with E-state index in [2.05, 4.69) is 44.5 Å². The number of hydrogen-bond acceptors (Lipinski definition) is 6. The lowest BCUT2D eigenvalue weighted by atomic mass is 10.1. The molecule has 0 spiro atoms. The number of hydrogen-bond donors (Lipinski definition) is 2. The second-order valence-corrected chi connectivity index (χ2v) is 7.62. The Bertz CT molecular complexity index is 1130. The van der Waals surface area contributed by atoms with E-state index >= 15 is 0 Å². The zero-order valence-electron chi connectivity index (χ0n) is 15.6. The van der Waals surface area contributed by atoms with Gasteiger partial charge in [-0.05, 0) is 36.4 Å². The van der Waals surface area contributed by atoms with Crippen LogP contribution in [0.4, 0.5) is 10.8 Å². The van der Waals surface area contributed by atoms with Crippen LogP contribution in [0.25, 0.3) is 22.4 Å². The summed E-state index contributed by atoms with van der Waals surface area (Å²) in [5.74, 6) is 0.522. The van der Waals surface area contributed by atoms with Gasteiger partial charge < -0.3 is 14.6 Å². The van der Waals surface area contributed by atoms with Crippen LogP contribution < -0.4 is 10.2 Å². The van der Waals surface area contributed by atoms with Crippen molar-refractivity contribution < 1.29 is 9.53 Å². The lowest BCUT2D eigenvalue weighted by molar-refractivity contribution is 0.102. The van der Waals surface area contributed by atoms with Gasteiger partial charge in [0, 0.05) is 35.9 Å². The van der Waals surface area contributed by atoms with Crippen molar-refractivity contribution in [2.24, 2.45) is 0 Å². The number of nitrogens with one attached hydrogen (secondary N) is 2. The molecule has 2 aromatic heterocycles. The first-order valence-corrected chi connectivity index (χ1v) is 10.3. The molecule has 2 N–H and O–H groups in total. The summed E-state index contributed by atoms with van der Waals surface area (Å²) in [6.45, 7) is 3.33. The van der Waals surface area contributed by atoms with Gasteiger partial charge in [-0.1, -0.05) is 6.07 Å². The van der Waals surface area contributed by atoms with Gasteiger partial charge in [-0.2, -0.15) is 0 Å². The molecular weight excluding hydrogens is 386 g/mol. The number of aromatic nitrogens is 3. The Morgan fingerprint density at radius 2 is 1.97 bits per heavy atom. The second kappa shape index (κ2) is 7.65. The van der Waals surface area contributed by atoms with Crippen LogP contribution in [0.2, 0.25) is 0 Å². The maximum absolute atomic E-state index is 12.7. The fourth-order valence-corrected chi connectivity index (χ4v) is 3.98. The molecule has 0 bridgehead atoms. The average molecular weight is 405 g/mol. The van der Waals surface area contributed by atoms with Crippen LogP contribution >= 0.6 is 11.3 Å². The largest absolute Gasteiger partial charge is 0.378 e. The molecule has 1 aliphatic rings. The molecule has 29 heavy (non-hydrogen) atoms. The number of aromatic amines is 1. The molecule has 2 aromatic carbocycles. The number of morpholine rings is 1. The second-order valence-electron chi connectivity index (χ2n) is 6.72. The fraction of sp³-hybridized carbons (Fsp3) is 0.190. The first-order valence-electron chi connectivity index (χ1n) is 9.41. The molecule has 5 rings (SSSR count). The lowest BCUT2D eigenvalue weighted by Gasteiger charge is -2.28. The summed E-state index contributed by atoms with van der Waals surface area (Å²) in [4.78, 5) is 27.1. The van der Waals surface area contributed by atoms with Gasteiger partial charge in [0.2, 0.25) is 0 Å². The van der Waals surface area contributed by atoms with E-state index in [1.165, 1.54) is 17.0 Å². The molecule has 1 amide bonds. The Morgan fingerprint density at radius 3 is 2.72 bits per heavy atom. The number of rotatable bonds is 4. The van der Waals surface area contributed by atoms with Gasteiger partial charge in [0.1, 0.15) is 11.3 Å². The number of anilines is 2. The minimum absolute atomic E-state index is 0.216. The molecule has 8 heteroatoms. The van der Waals surface area contributed by atoms with Crippen LogP contribution in [0.5, 0.6) is 0 Å². The molecule has 0 saturated carbocycles. The molecule has 146 valence electrons. The molecule has 0 aliphatic carbocycles. The Hall–Kier alpha value is -3.23. The number of ether oxygens (including phenoxy) is 1. The van der Waals surface area contributed by atoms with Crippen LogP contribution in [0.15, 0.2) is 54.0 Å². The molecule has 1 saturated heterocycles. The smallest absolute Gasteiger partial charge is 0.259 e. The van der Waals surface area contributed by atoms with Gasteiger partial charge >= 0.3 is 0 Å². The van der Waals surface area contributed by atoms with Crippen LogP contribution in [0.3, 0.4) is 0 Å². The number of para-hydroxylation sites is 1. The van der Waals surface area contributed by atoms with Gasteiger partial charge in [-0.15, -0.1) is 11.3 Å². The third-order valence-corrected chi connectivity index (χ3v) is 5.62. The molecule has 3 heterocycles. The van der Waals surface area contributed by atoms with Crippen LogP contribution in [0.1, 0.15) is 10.4 Å². The number of thiazole rings is 1. The summed E-state index contributed by atoms with van der Waals surface area (Å²) in [5, 5.41) is 5.22. The predicted octanol–water partition coefficient (Wildman–Crippen LogP) is 3.78. The third kappa shape index (κ3) is 3.59. The average Bonchev–Trinajstić information content (AvgIpc) is 3.44. The topological polar surface area (TPSA) is 83.1 Å². The van der Waals surface area contributed by atoms with Crippen molar-refractivity contribution in [2.75, 3.05) is 36.5 Å². The summed E-state index contributed by atoms with van der Waals surface area (Å²) < 4.78 is 5.42. The van der Waals surface area contributed by atoms with Gasteiger partial charge in [0.25, 0.3) is 5.91 Å². The Balaban J connectivity index is 1.43. The van der Waals surface area contributed by atoms with Crippen molar-refractivity contribution in [3.63, 3.8) is 0 Å². The first-order chi connectivity index (χ1) is 14.3. The molecule has 1 fully saturated rings. The number of carbonyl (C=O) groups excluding carboxylic acids is 1. The zero-order chi connectivity index (χ0) is 19.6. The van der Waals surface area contributed by atoms with Crippen molar-refractivity contribution in [1.29, 1.82) is 0 Å². The highest BCUT2D eigenvalue weighted by Crippen LogP contribution is 2.26. The Kier molecular flexibility index (Phi) is 4.71. The van der Waals surface area contributed by atoms with E-state index in [0.29, 0.717) is 16.2 Å². The number of amides is 1. The summed E-state index contributed by atoms with van der Waals surface area (Å²) in [7, 11) is 0. The molecule has 0 atom stereocenters. The SMILES string of the molecule is O=C(Nc1nccs1)c1cccc2[nH]c(-c3ccc(N4CCOCC4)cc3)nc12. The van der Waals surface area contributed by atoms with Gasteiger partial charge in [0.15, 0.2) is 5.13 Å². The van der Waals surface area contributed by atoms with E-state index in [9.17, 15) is 4.79 Å². The molecule has 7 nitrogen and oxygen atoms in total. The van der Waals surface area contributed by atoms with Crippen LogP contribution in [-0.2, 0) is 4.74 Å². The molecule has 0 radical (unpaired) electrons. The van der Waals surface area contributed by atoms with Crippen molar-refractivity contribution in [3.8, 4) is 11.4 Å². The minimum Gasteiger partial charge on any atom is -0.378 e. The fourth-order valence-electron chi connectivity index (χ4n) is 3.45. The monoisotopic (exact) mass is 405 g/mol. The third-order valence-electron chi connectivity index (χ3n) is 4.93. The Labute approximate surface area is 171 Å². The first kappa shape index (κ1) is 17.8. The van der Waals surface area contributed by atoms with E-state index in [-0.39, 0.29) is 5.91 Å². The van der Waals surface area contributed by atoms with E-state index in [0.717, 1.165) is 43.2 Å². The van der Waals surface area contributed by atoms with E-state index in [4.69, 9.17) is 9.72 Å². The standard InChI is InChI=1S/C21H19N5O2S/c27-20(25-21-22-8-13-29-21)16-2-1-3-17-18(16)24-19(23-17)14-4-6-15(7-5-14)26-9-11-28-12-10-26/h1-8,13H,9-12H2,(H,23,24)(H,22,25,27). The molecule has 0 unspecified atom stereocenters. The summed E-state index contributed by atoms with van der Waals surface area (Å²) >= 11 is 1.38. The lowest BCUT2D eigenvalue weighted by Crippen LogP contribution is -2.36. The van der Waals surface area contributed by atoms with Crippen LogP contribution in [-0.4, -0.2) is 47.2 Å². The number of fused-ring (bicyclic) bond motifs is 1. The maximum Gasteiger partial charge on any atom is 0.259 e. The zero-order valence-corrected chi connectivity index (χ0v) is 16.4. The van der Waals surface area contributed by atoms with Crippen molar-refractivity contribution >= 4 is 39.1 Å². The minimum atomic E-state index is -0.216. The summed E-state index contributed by atoms with van der Waals surface area (Å²) in [6.07, 6.45) is 1.66. The van der Waals surface area contributed by atoms with E-state index in [1.807, 2.05) is 17.5 Å². The number of carbonyl (C=O) groups is 1. The van der Waals surface area contributed by atoms with Gasteiger partial charge in [-0.3, -0.25) is 10.1 Å². The maximum atomic E-state index is 12.7. The van der Waals surface area contributed by atoms with Gasteiger partial charge in [0.05, 0.1) is 24.3 Å². The number of imidazole rings is 1. The predicted molar refractivity (Wildman–Crippen MR) is 115 cm³/mol. The Morgan fingerprint density at radius 1 is 1.14 bits per heavy atom. The summed E-state index contributed by atoms with van der Waals surface area (Å²) in [6, 6.07) is 13.9. The van der Waals surface area contributed by atoms with Crippen molar-refractivity contribution in [3.05, 3.63) is 59.6 Å². The number of benzene rings is 2. The number of nitrogens with zero attached hydrogens (tertiary/aromatic N) is 3. The van der Waals surface area contributed by atoms with E-state index in [1.54, 1.807) is 12.3 Å². The highest BCUT2D eigenvalue weighted by Gasteiger charge is 2.16. The quantitative estimate of drug-likeness (QED) is 0.540. The van der Waals surface area contributed by atoms with E-state index < -0.39 is 0 Å². The summed E-state index contributed by atoms with van der Waals surface area (Å²) in [5.41, 5.74) is 4.14. The van der Waals surface area contributed by atoms with Crippen molar-refractivity contribution in [1.82, 2.24) is 15.0 Å². The highest BCUT2D eigenvalue weighted by atomic mass is 32.1. The number of H-pyrrole nitrogens is 1. The highest BCUT2D eigenvalue weighted by molar-refractivity contribution is 7.13. The molecular formula is C21H19N5O2S. The van der Waals surface area contributed by atoms with Crippen molar-refractivity contribution in [2.45, 2.75) is 0 Å². The molecule has 1 aliphatic heterocycles. The normalized spacial score (nSPS) is 14.3.